The molecule has 11 nitrogen and oxygen atoms in total. The third-order valence-electron chi connectivity index (χ3n) is 6.25. The van der Waals surface area contributed by atoms with E-state index in [0.29, 0.717) is 42.8 Å². The summed E-state index contributed by atoms with van der Waals surface area (Å²) in [7, 11) is 2.81. The molecule has 2 aliphatic heterocycles. The van der Waals surface area contributed by atoms with Gasteiger partial charge < -0.3 is 38.7 Å². The van der Waals surface area contributed by atoms with Crippen LogP contribution in [0.15, 0.2) is 57.1 Å². The van der Waals surface area contributed by atoms with Crippen molar-refractivity contribution in [2.45, 2.75) is 5.92 Å². The number of ether oxygens (including phenoxy) is 5. The standard InChI is InChI=1S/C26H23N3O8/c1-32-18-11-14(12-19(33-2)23(18)37-26(31)29-7-9-34-10-8-29)20-16(13-27)24(28)36-22-15-5-3-4-6-17(15)35-25(30)21(20)22/h3-6,11-12,20H,7-10,28H2,1-2H3. The van der Waals surface area contributed by atoms with Crippen molar-refractivity contribution in [1.29, 1.82) is 5.26 Å². The van der Waals surface area contributed by atoms with Crippen molar-refractivity contribution in [3.05, 3.63) is 69.4 Å². The van der Waals surface area contributed by atoms with Crippen LogP contribution in [-0.2, 0) is 4.74 Å². The van der Waals surface area contributed by atoms with Crippen molar-refractivity contribution in [2.75, 3.05) is 40.5 Å². The minimum Gasteiger partial charge on any atom is -0.493 e. The highest BCUT2D eigenvalue weighted by atomic mass is 16.6. The van der Waals surface area contributed by atoms with E-state index in [2.05, 4.69) is 0 Å². The van der Waals surface area contributed by atoms with Gasteiger partial charge in [0, 0.05) is 13.1 Å². The van der Waals surface area contributed by atoms with Crippen LogP contribution in [0.25, 0.3) is 11.0 Å². The number of amides is 1. The van der Waals surface area contributed by atoms with E-state index in [-0.39, 0.29) is 40.0 Å². The van der Waals surface area contributed by atoms with Crippen LogP contribution in [0.2, 0.25) is 0 Å². The Bertz CT molecular complexity index is 1490. The Morgan fingerprint density at radius 1 is 1.14 bits per heavy atom. The maximum Gasteiger partial charge on any atom is 0.415 e. The highest BCUT2D eigenvalue weighted by molar-refractivity contribution is 5.86. The van der Waals surface area contributed by atoms with Crippen LogP contribution in [0.4, 0.5) is 4.79 Å². The molecule has 3 aromatic rings. The number of methoxy groups -OCH3 is 2. The molecule has 0 aliphatic carbocycles. The zero-order chi connectivity index (χ0) is 26.1. The first-order valence-electron chi connectivity index (χ1n) is 11.4. The molecule has 1 unspecified atom stereocenters. The lowest BCUT2D eigenvalue weighted by Gasteiger charge is -2.28. The molecule has 0 saturated carbocycles. The lowest BCUT2D eigenvalue weighted by Crippen LogP contribution is -2.42. The lowest BCUT2D eigenvalue weighted by molar-refractivity contribution is 0.0411. The number of rotatable bonds is 4. The molecule has 0 radical (unpaired) electrons. The Kier molecular flexibility index (Phi) is 6.33. The zero-order valence-electron chi connectivity index (χ0n) is 20.1. The van der Waals surface area contributed by atoms with Gasteiger partial charge in [-0.25, -0.2) is 9.59 Å². The van der Waals surface area contributed by atoms with Gasteiger partial charge >= 0.3 is 11.7 Å². The van der Waals surface area contributed by atoms with Crippen LogP contribution < -0.4 is 30.3 Å². The molecule has 2 aliphatic rings. The third kappa shape index (κ3) is 4.17. The molecule has 3 heterocycles. The highest BCUT2D eigenvalue weighted by Crippen LogP contribution is 2.47. The van der Waals surface area contributed by atoms with Gasteiger partial charge in [-0.3, -0.25) is 0 Å². The first-order valence-corrected chi connectivity index (χ1v) is 11.4. The van der Waals surface area contributed by atoms with E-state index in [9.17, 15) is 14.9 Å². The molecular formula is C26H23N3O8. The molecule has 0 spiro atoms. The molecule has 1 fully saturated rings. The number of carbonyl (C=O) groups excluding carboxylic acids is 1. The number of carbonyl (C=O) groups is 1. The molecule has 1 saturated heterocycles. The number of nitriles is 1. The summed E-state index contributed by atoms with van der Waals surface area (Å²) in [5.41, 5.74) is 6.32. The van der Waals surface area contributed by atoms with Crippen molar-refractivity contribution >= 4 is 17.1 Å². The van der Waals surface area contributed by atoms with E-state index in [4.69, 9.17) is 33.8 Å². The second-order valence-corrected chi connectivity index (χ2v) is 8.28. The minimum absolute atomic E-state index is 0.0113. The number of fused-ring (bicyclic) bond motifs is 3. The SMILES string of the molecule is COc1cc(C2C(C#N)=C(N)Oc3c2c(=O)oc2ccccc32)cc(OC)c1OC(=O)N1CCOCC1. The van der Waals surface area contributed by atoms with Crippen LogP contribution in [0, 0.1) is 11.3 Å². The zero-order valence-corrected chi connectivity index (χ0v) is 20.1. The Hall–Kier alpha value is -4.69. The molecule has 5 rings (SSSR count). The largest absolute Gasteiger partial charge is 0.493 e. The van der Waals surface area contributed by atoms with Gasteiger partial charge in [0.25, 0.3) is 0 Å². The quantitative estimate of drug-likeness (QED) is 0.525. The summed E-state index contributed by atoms with van der Waals surface area (Å²) in [6.45, 7) is 1.60. The second-order valence-electron chi connectivity index (χ2n) is 8.28. The van der Waals surface area contributed by atoms with Crippen LogP contribution >= 0.6 is 0 Å². The number of hydrogen-bond donors (Lipinski definition) is 1. The fourth-order valence-corrected chi connectivity index (χ4v) is 4.46. The van der Waals surface area contributed by atoms with Gasteiger partial charge in [-0.1, -0.05) is 12.1 Å². The maximum absolute atomic E-state index is 13.2. The maximum atomic E-state index is 13.2. The molecule has 11 heteroatoms. The first kappa shape index (κ1) is 24.0. The van der Waals surface area contributed by atoms with Crippen molar-refractivity contribution in [3.63, 3.8) is 0 Å². The average molecular weight is 505 g/mol. The Morgan fingerprint density at radius 3 is 2.46 bits per heavy atom. The summed E-state index contributed by atoms with van der Waals surface area (Å²) in [5, 5.41) is 10.5. The van der Waals surface area contributed by atoms with E-state index in [1.807, 2.05) is 6.07 Å². The monoisotopic (exact) mass is 505 g/mol. The summed E-state index contributed by atoms with van der Waals surface area (Å²) < 4.78 is 33.3. The molecule has 2 aromatic carbocycles. The number of para-hydroxylation sites is 1. The van der Waals surface area contributed by atoms with Gasteiger partial charge in [-0.15, -0.1) is 0 Å². The van der Waals surface area contributed by atoms with Crippen LogP contribution in [-0.4, -0.2) is 51.5 Å². The van der Waals surface area contributed by atoms with Gasteiger partial charge in [0.15, 0.2) is 17.2 Å². The summed E-state index contributed by atoms with van der Waals surface area (Å²) >= 11 is 0. The Labute approximate surface area is 211 Å². The molecule has 37 heavy (non-hydrogen) atoms. The van der Waals surface area contributed by atoms with E-state index < -0.39 is 17.6 Å². The van der Waals surface area contributed by atoms with Gasteiger partial charge in [-0.2, -0.15) is 5.26 Å². The number of nitrogens with zero attached hydrogens (tertiary/aromatic N) is 2. The molecule has 1 amide bonds. The van der Waals surface area contributed by atoms with Crippen molar-refractivity contribution < 1.29 is 32.9 Å². The van der Waals surface area contributed by atoms with Crippen molar-refractivity contribution in [2.24, 2.45) is 5.73 Å². The van der Waals surface area contributed by atoms with Gasteiger partial charge in [0.1, 0.15) is 17.2 Å². The number of hydrogen-bond acceptors (Lipinski definition) is 10. The number of nitrogens with two attached hydrogens (primary N) is 1. The third-order valence-corrected chi connectivity index (χ3v) is 6.25. The molecular weight excluding hydrogens is 482 g/mol. The van der Waals surface area contributed by atoms with Crippen molar-refractivity contribution in [1.82, 2.24) is 4.90 Å². The molecule has 2 N–H and O–H groups in total. The highest BCUT2D eigenvalue weighted by Gasteiger charge is 2.37. The fourth-order valence-electron chi connectivity index (χ4n) is 4.46. The predicted octanol–water partition coefficient (Wildman–Crippen LogP) is 2.86. The summed E-state index contributed by atoms with van der Waals surface area (Å²) in [5.74, 6) is -0.527. The molecule has 1 atom stereocenters. The Balaban J connectivity index is 1.65. The van der Waals surface area contributed by atoms with Gasteiger partial charge in [0.05, 0.1) is 44.3 Å². The van der Waals surface area contributed by atoms with Gasteiger partial charge in [0.2, 0.25) is 11.6 Å². The molecule has 0 bridgehead atoms. The smallest absolute Gasteiger partial charge is 0.415 e. The van der Waals surface area contributed by atoms with Crippen LogP contribution in [0.3, 0.4) is 0 Å². The summed E-state index contributed by atoms with van der Waals surface area (Å²) in [6.07, 6.45) is -0.585. The number of allylic oxidation sites excluding steroid dienone is 1. The van der Waals surface area contributed by atoms with E-state index >= 15 is 0 Å². The molecule has 1 aromatic heterocycles. The number of morpholine rings is 1. The predicted molar refractivity (Wildman–Crippen MR) is 130 cm³/mol. The topological polar surface area (TPSA) is 146 Å². The normalized spacial score (nSPS) is 17.0. The lowest BCUT2D eigenvalue weighted by atomic mass is 9.83. The second kappa shape index (κ2) is 9.75. The van der Waals surface area contributed by atoms with E-state index in [1.54, 1.807) is 36.4 Å². The fraction of sp³-hybridized carbons (Fsp3) is 0.269. The summed E-state index contributed by atoms with van der Waals surface area (Å²) in [4.78, 5) is 27.4. The van der Waals surface area contributed by atoms with Gasteiger partial charge in [-0.05, 0) is 29.8 Å². The Morgan fingerprint density at radius 2 is 1.81 bits per heavy atom. The average Bonchev–Trinajstić information content (AvgIpc) is 2.92. The number of benzene rings is 2. The summed E-state index contributed by atoms with van der Waals surface area (Å²) in [6, 6.07) is 12.0. The molecule has 190 valence electrons. The van der Waals surface area contributed by atoms with E-state index in [1.165, 1.54) is 19.1 Å². The van der Waals surface area contributed by atoms with Crippen molar-refractivity contribution in [3.8, 4) is 29.1 Å². The van der Waals surface area contributed by atoms with Crippen LogP contribution in [0.1, 0.15) is 17.0 Å². The van der Waals surface area contributed by atoms with Crippen LogP contribution in [0.5, 0.6) is 23.0 Å². The minimum atomic E-state index is -0.957. The van der Waals surface area contributed by atoms with E-state index in [0.717, 1.165) is 0 Å². The first-order chi connectivity index (χ1) is 18.0.